The molecule has 0 saturated carbocycles. The Labute approximate surface area is 254 Å². The van der Waals surface area contributed by atoms with Gasteiger partial charge in [-0.3, -0.25) is 9.69 Å². The van der Waals surface area contributed by atoms with E-state index in [1.165, 1.54) is 18.5 Å². The van der Waals surface area contributed by atoms with Gasteiger partial charge in [0.25, 0.3) is 5.91 Å². The summed E-state index contributed by atoms with van der Waals surface area (Å²) in [5, 5.41) is 5.87. The third-order valence-corrected chi connectivity index (χ3v) is 7.24. The predicted octanol–water partition coefficient (Wildman–Crippen LogP) is 5.82. The lowest BCUT2D eigenvalue weighted by Gasteiger charge is -2.34. The molecule has 2 aromatic carbocycles. The molecule has 5 rings (SSSR count). The van der Waals surface area contributed by atoms with Crippen molar-refractivity contribution >= 4 is 35.6 Å². The lowest BCUT2D eigenvalue weighted by atomic mass is 10.0. The summed E-state index contributed by atoms with van der Waals surface area (Å²) in [5.74, 6) is -0.315. The number of aromatic nitrogens is 4. The minimum Gasteiger partial charge on any atom is -0.324 e. The Morgan fingerprint density at radius 1 is 0.977 bits per heavy atom. The zero-order chi connectivity index (χ0) is 29.7. The number of benzene rings is 2. The maximum Gasteiger partial charge on any atom is 0.416 e. The van der Waals surface area contributed by atoms with Crippen LogP contribution < -0.4 is 10.6 Å². The SMILES string of the molecule is CCN1CCN(Cc2ccc(C(=O)Nc3ccc(C)c(Nc4nccc(-c5cncnc5)n4)c3)cc2C(F)(F)F)CC1.Cl. The zero-order valence-electron chi connectivity index (χ0n) is 23.7. The number of rotatable bonds is 8. The van der Waals surface area contributed by atoms with E-state index >= 15 is 0 Å². The maximum atomic E-state index is 14.0. The molecular weight excluding hydrogens is 581 g/mol. The number of hydrogen-bond donors (Lipinski definition) is 2. The summed E-state index contributed by atoms with van der Waals surface area (Å²) in [6.07, 6.45) is 1.74. The van der Waals surface area contributed by atoms with Gasteiger partial charge in [-0.2, -0.15) is 13.2 Å². The van der Waals surface area contributed by atoms with Crippen LogP contribution in [0, 0.1) is 6.92 Å². The van der Waals surface area contributed by atoms with Crippen LogP contribution in [-0.4, -0.2) is 68.4 Å². The first-order chi connectivity index (χ1) is 20.2. The van der Waals surface area contributed by atoms with Crippen LogP contribution in [0.1, 0.15) is 34.0 Å². The number of amides is 1. The van der Waals surface area contributed by atoms with Crippen molar-refractivity contribution < 1.29 is 18.0 Å². The van der Waals surface area contributed by atoms with Gasteiger partial charge in [0.05, 0.1) is 11.3 Å². The van der Waals surface area contributed by atoms with Crippen LogP contribution in [0.5, 0.6) is 0 Å². The highest BCUT2D eigenvalue weighted by molar-refractivity contribution is 6.04. The molecule has 4 aromatic rings. The minimum atomic E-state index is -4.59. The van der Waals surface area contributed by atoms with Crippen LogP contribution in [0.3, 0.4) is 0 Å². The monoisotopic (exact) mass is 612 g/mol. The number of hydrogen-bond acceptors (Lipinski definition) is 8. The van der Waals surface area contributed by atoms with Crippen molar-refractivity contribution in [2.45, 2.75) is 26.6 Å². The highest BCUT2D eigenvalue weighted by Crippen LogP contribution is 2.34. The first kappa shape index (κ1) is 31.8. The van der Waals surface area contributed by atoms with Crippen LogP contribution >= 0.6 is 12.4 Å². The lowest BCUT2D eigenvalue weighted by Crippen LogP contribution is -2.45. The highest BCUT2D eigenvalue weighted by atomic mass is 35.5. The van der Waals surface area contributed by atoms with Crippen molar-refractivity contribution in [1.29, 1.82) is 0 Å². The molecule has 3 heterocycles. The van der Waals surface area contributed by atoms with Gasteiger partial charge in [0.2, 0.25) is 5.95 Å². The fourth-order valence-electron chi connectivity index (χ4n) is 4.79. The quantitative estimate of drug-likeness (QED) is 0.257. The van der Waals surface area contributed by atoms with Crippen LogP contribution in [0.4, 0.5) is 30.5 Å². The van der Waals surface area contributed by atoms with Crippen LogP contribution in [0.2, 0.25) is 0 Å². The molecule has 0 aliphatic carbocycles. The van der Waals surface area contributed by atoms with E-state index in [4.69, 9.17) is 0 Å². The molecule has 1 fully saturated rings. The Bertz CT molecular complexity index is 1550. The van der Waals surface area contributed by atoms with E-state index in [0.717, 1.165) is 36.8 Å². The summed E-state index contributed by atoms with van der Waals surface area (Å²) < 4.78 is 42.1. The summed E-state index contributed by atoms with van der Waals surface area (Å²) >= 11 is 0. The van der Waals surface area contributed by atoms with E-state index in [1.54, 1.807) is 42.9 Å². The smallest absolute Gasteiger partial charge is 0.324 e. The number of carbonyl (C=O) groups is 1. The van der Waals surface area contributed by atoms with Gasteiger partial charge in [0, 0.05) is 73.8 Å². The highest BCUT2D eigenvalue weighted by Gasteiger charge is 2.34. The second kappa shape index (κ2) is 13.9. The first-order valence-electron chi connectivity index (χ1n) is 13.6. The van der Waals surface area contributed by atoms with E-state index in [0.29, 0.717) is 36.1 Å². The number of halogens is 4. The lowest BCUT2D eigenvalue weighted by molar-refractivity contribution is -0.138. The molecule has 0 radical (unpaired) electrons. The van der Waals surface area contributed by atoms with Gasteiger partial charge in [-0.25, -0.2) is 19.9 Å². The number of likely N-dealkylation sites (N-methyl/N-ethyl adjacent to an activating group) is 1. The number of anilines is 3. The number of nitrogens with one attached hydrogen (secondary N) is 2. The van der Waals surface area contributed by atoms with Gasteiger partial charge < -0.3 is 15.5 Å². The molecular formula is C30H32ClF3N8O. The summed E-state index contributed by atoms with van der Waals surface area (Å²) in [6.45, 7) is 8.11. The fraction of sp³-hybridized carbons (Fsp3) is 0.300. The standard InChI is InChI=1S/C30H31F3N8O.ClH/c1-3-40-10-12-41(13-11-40)18-22-6-5-21(14-25(22)30(31,32)33)28(42)37-24-7-4-20(2)27(15-24)39-29-36-9-8-26(38-29)23-16-34-19-35-17-23;/h4-9,14-17,19H,3,10-13,18H2,1-2H3,(H,37,42)(H,36,38,39);1H. The average molecular weight is 613 g/mol. The average Bonchev–Trinajstić information content (AvgIpc) is 2.99. The third-order valence-electron chi connectivity index (χ3n) is 7.24. The Hall–Kier alpha value is -4.13. The van der Waals surface area contributed by atoms with Crippen molar-refractivity contribution in [2.24, 2.45) is 0 Å². The van der Waals surface area contributed by atoms with Crippen molar-refractivity contribution in [3.63, 3.8) is 0 Å². The maximum absolute atomic E-state index is 14.0. The van der Waals surface area contributed by atoms with E-state index in [9.17, 15) is 18.0 Å². The molecule has 0 atom stereocenters. The normalized spacial score (nSPS) is 14.2. The molecule has 226 valence electrons. The topological polar surface area (TPSA) is 99.2 Å². The Morgan fingerprint density at radius 2 is 1.70 bits per heavy atom. The molecule has 1 amide bonds. The van der Waals surface area contributed by atoms with E-state index in [-0.39, 0.29) is 30.1 Å². The number of aryl methyl sites for hydroxylation is 1. The largest absolute Gasteiger partial charge is 0.416 e. The Morgan fingerprint density at radius 3 is 2.40 bits per heavy atom. The molecule has 9 nitrogen and oxygen atoms in total. The molecule has 1 aliphatic rings. The van der Waals surface area contributed by atoms with Crippen LogP contribution in [0.25, 0.3) is 11.3 Å². The number of carbonyl (C=O) groups excluding carboxylic acids is 1. The van der Waals surface area contributed by atoms with Gasteiger partial charge in [-0.15, -0.1) is 12.4 Å². The molecule has 1 saturated heterocycles. The molecule has 0 unspecified atom stereocenters. The summed E-state index contributed by atoms with van der Waals surface area (Å²) in [5.41, 5.74) is 2.55. The van der Waals surface area contributed by atoms with Crippen molar-refractivity contribution in [3.8, 4) is 11.3 Å². The van der Waals surface area contributed by atoms with Gasteiger partial charge >= 0.3 is 6.18 Å². The third kappa shape index (κ3) is 8.04. The second-order valence-corrected chi connectivity index (χ2v) is 10.1. The van der Waals surface area contributed by atoms with Gasteiger partial charge in [0.15, 0.2) is 0 Å². The van der Waals surface area contributed by atoms with Crippen LogP contribution in [0.15, 0.2) is 67.4 Å². The van der Waals surface area contributed by atoms with E-state index < -0.39 is 17.6 Å². The number of nitrogens with zero attached hydrogens (tertiary/aromatic N) is 6. The molecule has 43 heavy (non-hydrogen) atoms. The van der Waals surface area contributed by atoms with E-state index in [2.05, 4.69) is 42.4 Å². The van der Waals surface area contributed by atoms with Gasteiger partial charge in [-0.05, 0) is 54.9 Å². The predicted molar refractivity (Wildman–Crippen MR) is 162 cm³/mol. The second-order valence-electron chi connectivity index (χ2n) is 10.1. The molecule has 0 bridgehead atoms. The Balaban J connectivity index is 0.00000423. The fourth-order valence-corrected chi connectivity index (χ4v) is 4.79. The van der Waals surface area contributed by atoms with Crippen molar-refractivity contribution in [1.82, 2.24) is 29.7 Å². The zero-order valence-corrected chi connectivity index (χ0v) is 24.5. The van der Waals surface area contributed by atoms with Crippen molar-refractivity contribution in [3.05, 3.63) is 89.6 Å². The van der Waals surface area contributed by atoms with Gasteiger partial charge in [0.1, 0.15) is 6.33 Å². The first-order valence-corrected chi connectivity index (χ1v) is 13.6. The summed E-state index contributed by atoms with van der Waals surface area (Å²) in [7, 11) is 0. The summed E-state index contributed by atoms with van der Waals surface area (Å²) in [6, 6.07) is 10.7. The summed E-state index contributed by atoms with van der Waals surface area (Å²) in [4.78, 5) is 34.1. The minimum absolute atomic E-state index is 0. The Kier molecular flexibility index (Phi) is 10.3. The van der Waals surface area contributed by atoms with Gasteiger partial charge in [-0.1, -0.05) is 19.1 Å². The molecule has 0 spiro atoms. The molecule has 2 N–H and O–H groups in total. The number of piperazine rings is 1. The van der Waals surface area contributed by atoms with Crippen molar-refractivity contribution in [2.75, 3.05) is 43.4 Å². The number of alkyl halides is 3. The molecule has 13 heteroatoms. The van der Waals surface area contributed by atoms with Crippen LogP contribution in [-0.2, 0) is 12.7 Å². The molecule has 2 aromatic heterocycles. The van der Waals surface area contributed by atoms with E-state index in [1.807, 2.05) is 11.8 Å². The molecule has 1 aliphatic heterocycles.